The molecule has 0 aliphatic carbocycles. The van der Waals surface area contributed by atoms with Gasteiger partial charge < -0.3 is 15.7 Å². The number of rotatable bonds is 9. The number of pyridine rings is 1. The van der Waals surface area contributed by atoms with Gasteiger partial charge in [-0.2, -0.15) is 14.6 Å². The highest BCUT2D eigenvalue weighted by molar-refractivity contribution is 7.89. The van der Waals surface area contributed by atoms with Crippen molar-refractivity contribution in [2.45, 2.75) is 58.0 Å². The van der Waals surface area contributed by atoms with Crippen LogP contribution in [0, 0.1) is 27.7 Å². The van der Waals surface area contributed by atoms with E-state index in [2.05, 4.69) is 36.6 Å². The summed E-state index contributed by atoms with van der Waals surface area (Å²) in [5.41, 5.74) is 4.76. The Hall–Kier alpha value is -3.84. The molecular weight excluding hydrogens is 510 g/mol. The minimum atomic E-state index is -4.16. The molecule has 4 N–H and O–H groups in total. The third kappa shape index (κ3) is 6.00. The van der Waals surface area contributed by atoms with E-state index in [9.17, 15) is 23.1 Å². The molecule has 4 rings (SSSR count). The maximum atomic E-state index is 13.0. The zero-order valence-corrected chi connectivity index (χ0v) is 22.5. The second-order valence-corrected chi connectivity index (χ2v) is 11.1. The Morgan fingerprint density at radius 2 is 1.87 bits per heavy atom. The minimum absolute atomic E-state index is 0.0198. The molecule has 2 aromatic heterocycles. The summed E-state index contributed by atoms with van der Waals surface area (Å²) in [4.78, 5) is 30.5. The van der Waals surface area contributed by atoms with E-state index in [1.807, 2.05) is 13.8 Å². The van der Waals surface area contributed by atoms with Crippen molar-refractivity contribution in [1.82, 2.24) is 30.0 Å². The number of carbonyl (C=O) groups excluding carboxylic acids is 1. The Morgan fingerprint density at radius 3 is 2.55 bits per heavy atom. The first-order valence-electron chi connectivity index (χ1n) is 12.2. The summed E-state index contributed by atoms with van der Waals surface area (Å²) in [6.45, 7) is 7.76. The highest BCUT2D eigenvalue weighted by Crippen LogP contribution is 2.23. The molecule has 12 nitrogen and oxygen atoms in total. The lowest BCUT2D eigenvalue weighted by Gasteiger charge is -2.19. The van der Waals surface area contributed by atoms with Crippen molar-refractivity contribution < 1.29 is 23.1 Å². The first-order valence-corrected chi connectivity index (χ1v) is 13.7. The summed E-state index contributed by atoms with van der Waals surface area (Å²) in [6.07, 6.45) is 3.23. The first kappa shape index (κ1) is 27.2. The number of anilines is 1. The number of benzene rings is 1. The number of aliphatic carboxylic acids is 1. The molecule has 0 bridgehead atoms. The molecule has 0 saturated heterocycles. The van der Waals surface area contributed by atoms with Gasteiger partial charge in [0.1, 0.15) is 11.9 Å². The molecule has 0 spiro atoms. The second kappa shape index (κ2) is 10.9. The molecule has 0 radical (unpaired) electrons. The van der Waals surface area contributed by atoms with Crippen LogP contribution in [0.15, 0.2) is 29.3 Å². The summed E-state index contributed by atoms with van der Waals surface area (Å²) in [5.74, 6) is -1.21. The van der Waals surface area contributed by atoms with Gasteiger partial charge in [0.15, 0.2) is 5.69 Å². The van der Waals surface area contributed by atoms with E-state index in [1.165, 1.54) is 11.0 Å². The summed E-state index contributed by atoms with van der Waals surface area (Å²) in [7, 11) is -4.16. The van der Waals surface area contributed by atoms with Gasteiger partial charge in [0.25, 0.3) is 5.91 Å². The van der Waals surface area contributed by atoms with Gasteiger partial charge in [-0.3, -0.25) is 9.59 Å². The molecule has 1 aromatic carbocycles. The van der Waals surface area contributed by atoms with Crippen LogP contribution in [0.3, 0.4) is 0 Å². The molecule has 1 aliphatic heterocycles. The molecule has 1 amide bonds. The van der Waals surface area contributed by atoms with Gasteiger partial charge in [-0.25, -0.2) is 13.4 Å². The van der Waals surface area contributed by atoms with Crippen LogP contribution in [-0.4, -0.2) is 64.5 Å². The lowest BCUT2D eigenvalue weighted by molar-refractivity contribution is -0.138. The fraction of sp³-hybridized carbons (Fsp3) is 0.400. The monoisotopic (exact) mass is 541 g/mol. The number of sulfonamides is 1. The summed E-state index contributed by atoms with van der Waals surface area (Å²) < 4.78 is 28.2. The Bertz CT molecular complexity index is 1480. The standard InChI is InChI=1S/C25H31N7O5S/c1-14-8-15(2)22(16(3)9-14)38(36,37)31-21(25(34)35)11-27-24(33)20-12-28-32(30-20)13-19-10-18-6-5-7-26-23(18)29-17(19)4/h8-10,12,21,31H,5-7,11,13H2,1-4H3,(H,26,29)(H,27,33)(H,34,35)/t21-/m0/s1. The van der Waals surface area contributed by atoms with Crippen LogP contribution >= 0.6 is 0 Å². The molecule has 13 heteroatoms. The van der Waals surface area contributed by atoms with Crippen molar-refractivity contribution in [2.24, 2.45) is 0 Å². The van der Waals surface area contributed by atoms with Crippen molar-refractivity contribution in [3.63, 3.8) is 0 Å². The fourth-order valence-electron chi connectivity index (χ4n) is 4.62. The maximum Gasteiger partial charge on any atom is 0.323 e. The zero-order valence-electron chi connectivity index (χ0n) is 21.7. The minimum Gasteiger partial charge on any atom is -0.480 e. The number of carboxylic acid groups (broad SMARTS) is 1. The molecule has 1 atom stereocenters. The maximum absolute atomic E-state index is 13.0. The SMILES string of the molecule is Cc1cc(C)c(S(=O)(=O)N[C@@H](CNC(=O)c2cnn(Cc3cc4c(nc3C)NCCC4)n2)C(=O)O)c(C)c1. The average Bonchev–Trinajstić information content (AvgIpc) is 3.29. The van der Waals surface area contributed by atoms with Gasteiger partial charge in [-0.1, -0.05) is 17.7 Å². The highest BCUT2D eigenvalue weighted by Gasteiger charge is 2.28. The van der Waals surface area contributed by atoms with Gasteiger partial charge in [-0.05, 0) is 68.9 Å². The van der Waals surface area contributed by atoms with Gasteiger partial charge >= 0.3 is 5.97 Å². The third-order valence-electron chi connectivity index (χ3n) is 6.33. The predicted octanol–water partition coefficient (Wildman–Crippen LogP) is 1.47. The summed E-state index contributed by atoms with van der Waals surface area (Å²) >= 11 is 0. The quantitative estimate of drug-likeness (QED) is 0.313. The van der Waals surface area contributed by atoms with Crippen molar-refractivity contribution in [1.29, 1.82) is 0 Å². The van der Waals surface area contributed by atoms with E-state index in [0.717, 1.165) is 47.6 Å². The lowest BCUT2D eigenvalue weighted by atomic mass is 10.0. The number of hydrogen-bond donors (Lipinski definition) is 4. The highest BCUT2D eigenvalue weighted by atomic mass is 32.2. The fourth-order valence-corrected chi connectivity index (χ4v) is 6.26. The Kier molecular flexibility index (Phi) is 7.78. The Balaban J connectivity index is 1.42. The number of fused-ring (bicyclic) bond motifs is 1. The topological polar surface area (TPSA) is 168 Å². The molecule has 0 unspecified atom stereocenters. The van der Waals surface area contributed by atoms with Crippen LogP contribution in [0.5, 0.6) is 0 Å². The summed E-state index contributed by atoms with van der Waals surface area (Å²) in [6, 6.07) is 3.90. The largest absolute Gasteiger partial charge is 0.480 e. The predicted molar refractivity (Wildman–Crippen MR) is 140 cm³/mol. The number of carboxylic acids is 1. The molecule has 1 aliphatic rings. The molecule has 0 saturated carbocycles. The first-order chi connectivity index (χ1) is 17.9. The van der Waals surface area contributed by atoms with Gasteiger partial charge in [-0.15, -0.1) is 5.10 Å². The van der Waals surface area contributed by atoms with Crippen molar-refractivity contribution >= 4 is 27.7 Å². The molecule has 38 heavy (non-hydrogen) atoms. The zero-order chi connectivity index (χ0) is 27.6. The van der Waals surface area contributed by atoms with E-state index >= 15 is 0 Å². The van der Waals surface area contributed by atoms with Crippen LogP contribution in [0.1, 0.15) is 50.4 Å². The van der Waals surface area contributed by atoms with E-state index in [0.29, 0.717) is 17.7 Å². The molecule has 3 heterocycles. The van der Waals surface area contributed by atoms with E-state index < -0.39 is 34.5 Å². The molecule has 0 fully saturated rings. The number of nitrogens with zero attached hydrogens (tertiary/aromatic N) is 4. The van der Waals surface area contributed by atoms with Crippen LogP contribution in [0.2, 0.25) is 0 Å². The number of nitrogens with one attached hydrogen (secondary N) is 3. The summed E-state index contributed by atoms with van der Waals surface area (Å²) in [5, 5.41) is 23.7. The van der Waals surface area contributed by atoms with E-state index in [-0.39, 0.29) is 10.6 Å². The van der Waals surface area contributed by atoms with Crippen molar-refractivity contribution in [2.75, 3.05) is 18.4 Å². The van der Waals surface area contributed by atoms with E-state index in [1.54, 1.807) is 26.0 Å². The molecule has 3 aromatic rings. The average molecular weight is 542 g/mol. The lowest BCUT2D eigenvalue weighted by Crippen LogP contribution is -2.48. The van der Waals surface area contributed by atoms with Crippen molar-refractivity contribution in [3.05, 3.63) is 63.6 Å². The van der Waals surface area contributed by atoms with E-state index in [4.69, 9.17) is 0 Å². The van der Waals surface area contributed by atoms with Gasteiger partial charge in [0, 0.05) is 18.8 Å². The van der Waals surface area contributed by atoms with Crippen LogP contribution in [0.4, 0.5) is 5.82 Å². The third-order valence-corrected chi connectivity index (χ3v) is 8.10. The Morgan fingerprint density at radius 1 is 1.16 bits per heavy atom. The molecule has 202 valence electrons. The number of carbonyl (C=O) groups is 2. The van der Waals surface area contributed by atoms with Gasteiger partial charge in [0.2, 0.25) is 10.0 Å². The number of hydrogen-bond acceptors (Lipinski definition) is 8. The van der Waals surface area contributed by atoms with Crippen LogP contribution in [-0.2, 0) is 27.8 Å². The number of amides is 1. The second-order valence-electron chi connectivity index (χ2n) is 9.48. The normalized spacial score (nSPS) is 13.9. The Labute approximate surface area is 220 Å². The number of aromatic nitrogens is 4. The molecular formula is C25H31N7O5S. The van der Waals surface area contributed by atoms with Gasteiger partial charge in [0.05, 0.1) is 17.6 Å². The number of aryl methyl sites for hydroxylation is 5. The van der Waals surface area contributed by atoms with Crippen molar-refractivity contribution in [3.8, 4) is 0 Å². The smallest absolute Gasteiger partial charge is 0.323 e. The van der Waals surface area contributed by atoms with Crippen LogP contribution < -0.4 is 15.4 Å². The van der Waals surface area contributed by atoms with Crippen LogP contribution in [0.25, 0.3) is 0 Å².